The summed E-state index contributed by atoms with van der Waals surface area (Å²) in [6.45, 7) is 5.73. The number of esters is 2. The fraction of sp³-hybridized carbons (Fsp3) is 0.412. The van der Waals surface area contributed by atoms with Crippen molar-refractivity contribution in [1.29, 1.82) is 0 Å². The van der Waals surface area contributed by atoms with E-state index >= 15 is 0 Å². The molecular formula is C34H37FO7. The first-order chi connectivity index (χ1) is 20.1. The van der Waals surface area contributed by atoms with E-state index < -0.39 is 23.5 Å². The topological polar surface area (TPSA) is 91.3 Å². The van der Waals surface area contributed by atoms with Crippen molar-refractivity contribution in [2.75, 3.05) is 7.11 Å². The fourth-order valence-corrected chi connectivity index (χ4v) is 6.08. The first-order valence-corrected chi connectivity index (χ1v) is 14.5. The lowest BCUT2D eigenvalue weighted by atomic mass is 9.69. The molecule has 8 heteroatoms. The predicted octanol–water partition coefficient (Wildman–Crippen LogP) is 7.49. The molecule has 0 unspecified atom stereocenters. The Kier molecular flexibility index (Phi) is 8.55. The monoisotopic (exact) mass is 576 g/mol. The number of hydrogen-bond acceptors (Lipinski definition) is 7. The maximum atomic E-state index is 14.0. The van der Waals surface area contributed by atoms with Gasteiger partial charge in [-0.25, -0.2) is 9.18 Å². The number of carbonyl (C=O) groups is 2. The summed E-state index contributed by atoms with van der Waals surface area (Å²) in [5.41, 5.74) is 1.65. The second kappa shape index (κ2) is 12.1. The summed E-state index contributed by atoms with van der Waals surface area (Å²) in [7, 11) is 1.43. The molecule has 0 amide bonds. The molecule has 1 atom stereocenters. The van der Waals surface area contributed by atoms with E-state index in [1.807, 2.05) is 26.8 Å². The smallest absolute Gasteiger partial charge is 0.346 e. The number of carbonyl (C=O) groups excluding carboxylic acids is 2. The van der Waals surface area contributed by atoms with Crippen molar-refractivity contribution in [3.63, 3.8) is 0 Å². The molecule has 3 aromatic carbocycles. The van der Waals surface area contributed by atoms with Gasteiger partial charge in [0.25, 0.3) is 0 Å². The van der Waals surface area contributed by atoms with Crippen molar-refractivity contribution < 1.29 is 38.0 Å². The molecule has 7 nitrogen and oxygen atoms in total. The fourth-order valence-electron chi connectivity index (χ4n) is 6.08. The van der Waals surface area contributed by atoms with Crippen molar-refractivity contribution >= 4 is 11.9 Å². The number of rotatable bonds is 7. The Hall–Kier alpha value is -3.91. The van der Waals surface area contributed by atoms with Crippen LogP contribution >= 0.6 is 0 Å². The Morgan fingerprint density at radius 3 is 2.45 bits per heavy atom. The number of hydrogen-bond donors (Lipinski definition) is 1. The Morgan fingerprint density at radius 2 is 1.79 bits per heavy atom. The largest absolute Gasteiger partial charge is 0.495 e. The Labute approximate surface area is 245 Å². The van der Waals surface area contributed by atoms with Gasteiger partial charge in [0.2, 0.25) is 0 Å². The number of fused-ring (bicyclic) bond motifs is 2. The summed E-state index contributed by atoms with van der Waals surface area (Å²) in [5, 5.41) is 10.9. The second-order valence-electron chi connectivity index (χ2n) is 11.7. The number of halogens is 1. The molecule has 1 fully saturated rings. The first-order valence-electron chi connectivity index (χ1n) is 14.5. The predicted molar refractivity (Wildman–Crippen MR) is 155 cm³/mol. The lowest BCUT2D eigenvalue weighted by Crippen LogP contribution is -2.41. The summed E-state index contributed by atoms with van der Waals surface area (Å²) in [5.74, 6) is -0.445. The summed E-state index contributed by atoms with van der Waals surface area (Å²) in [6, 6.07) is 12.9. The maximum Gasteiger partial charge on any atom is 0.346 e. The van der Waals surface area contributed by atoms with E-state index in [0.29, 0.717) is 30.4 Å². The highest BCUT2D eigenvalue weighted by atomic mass is 19.1. The molecule has 0 saturated heterocycles. The van der Waals surface area contributed by atoms with Gasteiger partial charge >= 0.3 is 11.9 Å². The van der Waals surface area contributed by atoms with Gasteiger partial charge in [-0.1, -0.05) is 45.2 Å². The number of aryl methyl sites for hydroxylation is 1. The summed E-state index contributed by atoms with van der Waals surface area (Å²) < 4.78 is 37.6. The van der Waals surface area contributed by atoms with Gasteiger partial charge in [0, 0.05) is 11.1 Å². The molecule has 5 rings (SSSR count). The van der Waals surface area contributed by atoms with Crippen molar-refractivity contribution in [2.24, 2.45) is 5.92 Å². The average molecular weight is 577 g/mol. The standard InChI is InChI=1S/C34H37FO7/c1-20(2)16-26(36)25-12-13-27-29(31(25)39-4)32(37)40-19-22-17-21(3)18-28(30(22)41-27)42-33(38)34(14-6-5-7-15-34)23-8-10-24(35)11-9-23/h8-13,17-18,20,26,36H,5-7,14-16,19H2,1-4H3/t26-/m0/s1. The van der Waals surface area contributed by atoms with Crippen LogP contribution in [0.3, 0.4) is 0 Å². The van der Waals surface area contributed by atoms with Gasteiger partial charge in [-0.2, -0.15) is 0 Å². The van der Waals surface area contributed by atoms with Crippen molar-refractivity contribution in [2.45, 2.75) is 77.4 Å². The molecule has 0 bridgehead atoms. The number of benzene rings is 3. The van der Waals surface area contributed by atoms with Gasteiger partial charge < -0.3 is 24.1 Å². The zero-order chi connectivity index (χ0) is 30.0. The third kappa shape index (κ3) is 5.73. The Bertz CT molecular complexity index is 1470. The number of aliphatic hydroxyl groups excluding tert-OH is 1. The molecule has 1 heterocycles. The van der Waals surface area contributed by atoms with Crippen LogP contribution in [0.2, 0.25) is 0 Å². The van der Waals surface area contributed by atoms with E-state index in [0.717, 1.165) is 30.4 Å². The molecule has 0 aromatic heterocycles. The van der Waals surface area contributed by atoms with Gasteiger partial charge in [0.1, 0.15) is 29.5 Å². The van der Waals surface area contributed by atoms with Crippen LogP contribution < -0.4 is 14.2 Å². The number of methoxy groups -OCH3 is 1. The van der Waals surface area contributed by atoms with Crippen LogP contribution in [-0.4, -0.2) is 24.2 Å². The highest BCUT2D eigenvalue weighted by Crippen LogP contribution is 2.46. The molecule has 1 N–H and O–H groups in total. The molecule has 3 aromatic rings. The highest BCUT2D eigenvalue weighted by Gasteiger charge is 2.43. The van der Waals surface area contributed by atoms with E-state index in [4.69, 9.17) is 18.9 Å². The van der Waals surface area contributed by atoms with E-state index in [-0.39, 0.29) is 46.9 Å². The molecule has 222 valence electrons. The van der Waals surface area contributed by atoms with Gasteiger partial charge in [0.15, 0.2) is 11.5 Å². The van der Waals surface area contributed by atoms with Crippen LogP contribution in [0.15, 0.2) is 48.5 Å². The zero-order valence-corrected chi connectivity index (χ0v) is 24.5. The third-order valence-electron chi connectivity index (χ3n) is 8.16. The average Bonchev–Trinajstić information content (AvgIpc) is 2.96. The van der Waals surface area contributed by atoms with Crippen LogP contribution in [0.4, 0.5) is 4.39 Å². The SMILES string of the molecule is COc1c([C@@H](O)CC(C)C)ccc2c1C(=O)OCc1cc(C)cc(OC(=O)C3(c4ccc(F)cc4)CCCCC3)c1O2. The molecular weight excluding hydrogens is 539 g/mol. The van der Waals surface area contributed by atoms with Crippen LogP contribution in [0, 0.1) is 18.7 Å². The van der Waals surface area contributed by atoms with Crippen molar-refractivity contribution in [3.8, 4) is 23.0 Å². The van der Waals surface area contributed by atoms with E-state index in [9.17, 15) is 19.1 Å². The Balaban J connectivity index is 1.56. The molecule has 1 saturated carbocycles. The number of ether oxygens (including phenoxy) is 4. The molecule has 2 aliphatic rings. The van der Waals surface area contributed by atoms with Crippen molar-refractivity contribution in [3.05, 3.63) is 82.2 Å². The molecule has 0 spiro atoms. The summed E-state index contributed by atoms with van der Waals surface area (Å²) >= 11 is 0. The Morgan fingerprint density at radius 1 is 1.07 bits per heavy atom. The maximum absolute atomic E-state index is 14.0. The molecule has 0 radical (unpaired) electrons. The van der Waals surface area contributed by atoms with Gasteiger partial charge in [-0.15, -0.1) is 0 Å². The van der Waals surface area contributed by atoms with Gasteiger partial charge in [-0.3, -0.25) is 4.79 Å². The minimum atomic E-state index is -0.917. The van der Waals surface area contributed by atoms with Crippen LogP contribution in [0.5, 0.6) is 23.0 Å². The van der Waals surface area contributed by atoms with Crippen LogP contribution in [0.25, 0.3) is 0 Å². The minimum absolute atomic E-state index is 0.0522. The number of cyclic esters (lactones) is 1. The van der Waals surface area contributed by atoms with Crippen LogP contribution in [0.1, 0.15) is 91.1 Å². The van der Waals surface area contributed by atoms with Crippen molar-refractivity contribution in [1.82, 2.24) is 0 Å². The molecule has 42 heavy (non-hydrogen) atoms. The van der Waals surface area contributed by atoms with Gasteiger partial charge in [0.05, 0.1) is 18.6 Å². The zero-order valence-electron chi connectivity index (χ0n) is 24.5. The minimum Gasteiger partial charge on any atom is -0.495 e. The van der Waals surface area contributed by atoms with Crippen LogP contribution in [-0.2, 0) is 21.6 Å². The normalized spacial score (nSPS) is 16.7. The number of aliphatic hydroxyl groups is 1. The van der Waals surface area contributed by atoms with E-state index in [1.54, 1.807) is 30.3 Å². The lowest BCUT2D eigenvalue weighted by Gasteiger charge is -2.35. The van der Waals surface area contributed by atoms with Gasteiger partial charge in [-0.05, 0) is 79.6 Å². The molecule has 1 aliphatic carbocycles. The third-order valence-corrected chi connectivity index (χ3v) is 8.16. The molecule has 1 aliphatic heterocycles. The summed E-state index contributed by atoms with van der Waals surface area (Å²) in [6.07, 6.45) is 3.51. The first kappa shape index (κ1) is 29.6. The second-order valence-corrected chi connectivity index (χ2v) is 11.7. The highest BCUT2D eigenvalue weighted by molar-refractivity contribution is 5.97. The summed E-state index contributed by atoms with van der Waals surface area (Å²) in [4.78, 5) is 27.3. The lowest BCUT2D eigenvalue weighted by molar-refractivity contribution is -0.142. The quantitative estimate of drug-likeness (QED) is 0.230. The van der Waals surface area contributed by atoms with E-state index in [2.05, 4.69) is 0 Å². The van der Waals surface area contributed by atoms with E-state index in [1.165, 1.54) is 19.2 Å².